The van der Waals surface area contributed by atoms with Crippen molar-refractivity contribution in [1.29, 1.82) is 0 Å². The van der Waals surface area contributed by atoms with Gasteiger partial charge in [0, 0.05) is 5.41 Å². The zero-order valence-electron chi connectivity index (χ0n) is 9.55. The van der Waals surface area contributed by atoms with Gasteiger partial charge in [0.25, 0.3) is 0 Å². The molecule has 0 fully saturated rings. The molecule has 0 amide bonds. The fourth-order valence-electron chi connectivity index (χ4n) is 0.650. The highest BCUT2D eigenvalue weighted by atomic mass is 16.3. The molecular weight excluding hydrogens is 164 g/mol. The maximum atomic E-state index is 9.68. The highest BCUT2D eigenvalue weighted by molar-refractivity contribution is 5.06. The molecule has 0 aromatic rings. The standard InChI is InChI=1S/C11H22O2/c1-10(2,3)8(12)7-9(13)11(4,5)6/h7-8,12-13H,1-6H3. The first kappa shape index (κ1) is 12.5. The Hall–Kier alpha value is -0.500. The molecule has 0 rings (SSSR count). The van der Waals surface area contributed by atoms with E-state index in [9.17, 15) is 10.2 Å². The first-order valence-electron chi connectivity index (χ1n) is 4.64. The van der Waals surface area contributed by atoms with Crippen LogP contribution in [-0.4, -0.2) is 16.3 Å². The van der Waals surface area contributed by atoms with E-state index >= 15 is 0 Å². The molecule has 0 heterocycles. The van der Waals surface area contributed by atoms with E-state index < -0.39 is 6.10 Å². The van der Waals surface area contributed by atoms with Gasteiger partial charge in [-0.25, -0.2) is 0 Å². The number of hydrogen-bond donors (Lipinski definition) is 2. The summed E-state index contributed by atoms with van der Waals surface area (Å²) in [4.78, 5) is 0. The minimum absolute atomic E-state index is 0.223. The lowest BCUT2D eigenvalue weighted by Crippen LogP contribution is -2.25. The zero-order chi connectivity index (χ0) is 10.9. The lowest BCUT2D eigenvalue weighted by molar-refractivity contribution is 0.0985. The summed E-state index contributed by atoms with van der Waals surface area (Å²) >= 11 is 0. The summed E-state index contributed by atoms with van der Waals surface area (Å²) < 4.78 is 0. The second kappa shape index (κ2) is 3.70. The smallest absolute Gasteiger partial charge is 0.0961 e. The summed E-state index contributed by atoms with van der Waals surface area (Å²) in [5.41, 5.74) is -0.508. The Labute approximate surface area is 81.3 Å². The normalized spacial score (nSPS) is 17.3. The van der Waals surface area contributed by atoms with Gasteiger partial charge in [-0.3, -0.25) is 0 Å². The van der Waals surface area contributed by atoms with Crippen LogP contribution in [0.15, 0.2) is 11.8 Å². The Bertz CT molecular complexity index is 191. The van der Waals surface area contributed by atoms with Gasteiger partial charge >= 0.3 is 0 Å². The Balaban J connectivity index is 4.59. The largest absolute Gasteiger partial charge is 0.512 e. The highest BCUT2D eigenvalue weighted by Gasteiger charge is 2.23. The van der Waals surface area contributed by atoms with Crippen LogP contribution in [0, 0.1) is 10.8 Å². The number of allylic oxidation sites excluding steroid dienone is 1. The second-order valence-corrected chi connectivity index (χ2v) is 5.61. The molecular formula is C11H22O2. The van der Waals surface area contributed by atoms with Crippen LogP contribution in [0.5, 0.6) is 0 Å². The molecule has 0 spiro atoms. The van der Waals surface area contributed by atoms with Gasteiger partial charge in [0.1, 0.15) is 0 Å². The van der Waals surface area contributed by atoms with Crippen molar-refractivity contribution in [1.82, 2.24) is 0 Å². The van der Waals surface area contributed by atoms with Crippen molar-refractivity contribution >= 4 is 0 Å². The van der Waals surface area contributed by atoms with Crippen LogP contribution in [0.1, 0.15) is 41.5 Å². The van der Waals surface area contributed by atoms with Gasteiger partial charge in [-0.2, -0.15) is 0 Å². The Morgan fingerprint density at radius 1 is 1.08 bits per heavy atom. The molecule has 0 saturated heterocycles. The summed E-state index contributed by atoms with van der Waals surface area (Å²) in [6.07, 6.45) is 0.923. The van der Waals surface area contributed by atoms with Crippen LogP contribution in [0.2, 0.25) is 0 Å². The highest BCUT2D eigenvalue weighted by Crippen LogP contribution is 2.27. The maximum absolute atomic E-state index is 9.68. The predicted octanol–water partition coefficient (Wildman–Crippen LogP) is 2.88. The summed E-state index contributed by atoms with van der Waals surface area (Å²) in [5, 5.41) is 19.3. The van der Waals surface area contributed by atoms with Gasteiger partial charge in [-0.15, -0.1) is 0 Å². The summed E-state index contributed by atoms with van der Waals surface area (Å²) in [7, 11) is 0. The molecule has 2 heteroatoms. The van der Waals surface area contributed by atoms with E-state index in [0.29, 0.717) is 0 Å². The van der Waals surface area contributed by atoms with Gasteiger partial charge in [0.2, 0.25) is 0 Å². The van der Waals surface area contributed by atoms with Crippen molar-refractivity contribution in [3.8, 4) is 0 Å². The summed E-state index contributed by atoms with van der Waals surface area (Å²) in [6.45, 7) is 11.5. The number of aliphatic hydroxyl groups is 2. The van der Waals surface area contributed by atoms with E-state index in [0.717, 1.165) is 0 Å². The van der Waals surface area contributed by atoms with E-state index in [4.69, 9.17) is 0 Å². The molecule has 0 aliphatic carbocycles. The van der Waals surface area contributed by atoms with Crippen LogP contribution in [0.4, 0.5) is 0 Å². The molecule has 0 aromatic heterocycles. The first-order chi connectivity index (χ1) is 5.55. The summed E-state index contributed by atoms with van der Waals surface area (Å²) in [5.74, 6) is 0.245. The quantitative estimate of drug-likeness (QED) is 0.618. The van der Waals surface area contributed by atoms with Crippen molar-refractivity contribution in [2.75, 3.05) is 0 Å². The predicted molar refractivity (Wildman–Crippen MR) is 55.6 cm³/mol. The summed E-state index contributed by atoms with van der Waals surface area (Å²) in [6, 6.07) is 0. The van der Waals surface area contributed by atoms with Crippen LogP contribution in [0.3, 0.4) is 0 Å². The molecule has 1 atom stereocenters. The number of aliphatic hydroxyl groups excluding tert-OH is 2. The van der Waals surface area contributed by atoms with Gasteiger partial charge < -0.3 is 10.2 Å². The maximum Gasteiger partial charge on any atom is 0.0961 e. The van der Waals surface area contributed by atoms with E-state index in [1.54, 1.807) is 0 Å². The van der Waals surface area contributed by atoms with Crippen LogP contribution >= 0.6 is 0 Å². The average molecular weight is 186 g/mol. The monoisotopic (exact) mass is 186 g/mol. The van der Waals surface area contributed by atoms with Crippen LogP contribution in [-0.2, 0) is 0 Å². The average Bonchev–Trinajstić information content (AvgIpc) is 1.82. The van der Waals surface area contributed by atoms with E-state index in [1.807, 2.05) is 41.5 Å². The minimum Gasteiger partial charge on any atom is -0.512 e. The molecule has 0 aromatic carbocycles. The molecule has 2 N–H and O–H groups in total. The Morgan fingerprint density at radius 3 is 1.69 bits per heavy atom. The molecule has 0 radical (unpaired) electrons. The SMILES string of the molecule is CC(C)(C)C(O)=CC(O)C(C)(C)C. The minimum atomic E-state index is -0.605. The van der Waals surface area contributed by atoms with Crippen molar-refractivity contribution in [2.24, 2.45) is 10.8 Å². The van der Waals surface area contributed by atoms with Crippen LogP contribution in [0.25, 0.3) is 0 Å². The lowest BCUT2D eigenvalue weighted by Gasteiger charge is -2.25. The van der Waals surface area contributed by atoms with E-state index in [-0.39, 0.29) is 16.6 Å². The van der Waals surface area contributed by atoms with Gasteiger partial charge in [-0.05, 0) is 11.5 Å². The van der Waals surface area contributed by atoms with Gasteiger partial charge in [0.05, 0.1) is 11.9 Å². The lowest BCUT2D eigenvalue weighted by atomic mass is 9.85. The van der Waals surface area contributed by atoms with Crippen molar-refractivity contribution in [3.05, 3.63) is 11.8 Å². The molecule has 0 bridgehead atoms. The molecule has 0 saturated carbocycles. The van der Waals surface area contributed by atoms with Crippen LogP contribution < -0.4 is 0 Å². The third-order valence-corrected chi connectivity index (χ3v) is 1.97. The topological polar surface area (TPSA) is 40.5 Å². The van der Waals surface area contributed by atoms with E-state index in [1.165, 1.54) is 6.08 Å². The third kappa shape index (κ3) is 4.32. The Kier molecular flexibility index (Phi) is 3.56. The molecule has 1 unspecified atom stereocenters. The Morgan fingerprint density at radius 2 is 1.46 bits per heavy atom. The third-order valence-electron chi connectivity index (χ3n) is 1.97. The molecule has 13 heavy (non-hydrogen) atoms. The molecule has 78 valence electrons. The number of hydrogen-bond acceptors (Lipinski definition) is 2. The zero-order valence-corrected chi connectivity index (χ0v) is 9.55. The second-order valence-electron chi connectivity index (χ2n) is 5.61. The van der Waals surface area contributed by atoms with Gasteiger partial charge in [0.15, 0.2) is 0 Å². The van der Waals surface area contributed by atoms with Crippen molar-refractivity contribution in [3.63, 3.8) is 0 Å². The molecule has 2 nitrogen and oxygen atoms in total. The van der Waals surface area contributed by atoms with Crippen molar-refractivity contribution < 1.29 is 10.2 Å². The fraction of sp³-hybridized carbons (Fsp3) is 0.818. The van der Waals surface area contributed by atoms with Crippen molar-refractivity contribution in [2.45, 2.75) is 47.6 Å². The molecule has 0 aliphatic rings. The molecule has 0 aliphatic heterocycles. The number of rotatable bonds is 1. The van der Waals surface area contributed by atoms with E-state index in [2.05, 4.69) is 0 Å². The fourth-order valence-corrected chi connectivity index (χ4v) is 0.650. The first-order valence-corrected chi connectivity index (χ1v) is 4.64. The van der Waals surface area contributed by atoms with Gasteiger partial charge in [-0.1, -0.05) is 41.5 Å².